The summed E-state index contributed by atoms with van der Waals surface area (Å²) in [4.78, 5) is 12.2. The Morgan fingerprint density at radius 2 is 1.78 bits per heavy atom. The fourth-order valence-corrected chi connectivity index (χ4v) is 3.32. The van der Waals surface area contributed by atoms with Gasteiger partial charge in [-0.3, -0.25) is 4.79 Å². The fraction of sp³-hybridized carbons (Fsp3) is 0.526. The number of carbonyl (C=O) groups excluding carboxylic acids is 1. The van der Waals surface area contributed by atoms with Gasteiger partial charge >= 0.3 is 12.4 Å². The van der Waals surface area contributed by atoms with Gasteiger partial charge in [-0.1, -0.05) is 0 Å². The first-order chi connectivity index (χ1) is 14.9. The Labute approximate surface area is 180 Å². The molecule has 7 nitrogen and oxygen atoms in total. The van der Waals surface area contributed by atoms with Crippen LogP contribution < -0.4 is 21.5 Å². The number of amides is 1. The molecule has 32 heavy (non-hydrogen) atoms. The number of rotatable bonds is 8. The van der Waals surface area contributed by atoms with Gasteiger partial charge in [-0.25, -0.2) is 10.9 Å². The normalized spacial score (nSPS) is 20.2. The van der Waals surface area contributed by atoms with Gasteiger partial charge in [0, 0.05) is 24.0 Å². The van der Waals surface area contributed by atoms with E-state index in [1.807, 2.05) is 5.43 Å². The monoisotopic (exact) mass is 464 g/mol. The molecule has 0 bridgehead atoms. The molecule has 1 atom stereocenters. The van der Waals surface area contributed by atoms with Crippen LogP contribution in [-0.2, 0) is 11.0 Å². The molecular formula is C19H22F6N6O. The smallest absolute Gasteiger partial charge is 0.382 e. The number of carbonyl (C=O) groups is 1. The predicted octanol–water partition coefficient (Wildman–Crippen LogP) is 3.09. The molecule has 1 aromatic carbocycles. The Kier molecular flexibility index (Phi) is 8.45. The zero-order chi connectivity index (χ0) is 23.9. The highest BCUT2D eigenvalue weighted by molar-refractivity contribution is 5.96. The number of nitrogens with one attached hydrogen (secondary N) is 5. The number of hydrogen-bond acceptors (Lipinski definition) is 6. The average Bonchev–Trinajstić information content (AvgIpc) is 2.71. The lowest BCUT2D eigenvalue weighted by Gasteiger charge is -2.31. The molecule has 176 valence electrons. The lowest BCUT2D eigenvalue weighted by Crippen LogP contribution is -2.55. The number of benzene rings is 1. The summed E-state index contributed by atoms with van der Waals surface area (Å²) in [5.41, 5.74) is 2.73. The summed E-state index contributed by atoms with van der Waals surface area (Å²) in [6.45, 7) is -1.37. The Bertz CT molecular complexity index is 842. The second-order valence-electron chi connectivity index (χ2n) is 7.33. The van der Waals surface area contributed by atoms with Crippen molar-refractivity contribution in [3.05, 3.63) is 29.3 Å². The number of halogens is 6. The molecule has 0 aliphatic heterocycles. The number of nitrogens with zero attached hydrogens (tertiary/aromatic N) is 1. The lowest BCUT2D eigenvalue weighted by atomic mass is 9.90. The van der Waals surface area contributed by atoms with Crippen LogP contribution in [0, 0.1) is 16.7 Å². The maximum absolute atomic E-state index is 13.1. The van der Waals surface area contributed by atoms with E-state index in [0.29, 0.717) is 31.9 Å². The van der Waals surface area contributed by atoms with E-state index >= 15 is 0 Å². The first-order valence-corrected chi connectivity index (χ1v) is 9.67. The van der Waals surface area contributed by atoms with E-state index in [1.54, 1.807) is 0 Å². The minimum absolute atomic E-state index is 0.151. The van der Waals surface area contributed by atoms with E-state index in [2.05, 4.69) is 16.1 Å². The zero-order valence-electron chi connectivity index (χ0n) is 16.7. The third-order valence-electron chi connectivity index (χ3n) is 4.89. The van der Waals surface area contributed by atoms with Crippen molar-refractivity contribution >= 4 is 17.8 Å². The molecule has 1 aromatic rings. The summed E-state index contributed by atoms with van der Waals surface area (Å²) in [5.74, 6) is -0.659. The van der Waals surface area contributed by atoms with Gasteiger partial charge in [-0.2, -0.15) is 31.6 Å². The molecule has 1 saturated carbocycles. The van der Waals surface area contributed by atoms with Crippen LogP contribution >= 0.6 is 0 Å². The fourth-order valence-electron chi connectivity index (χ4n) is 3.32. The first kappa shape index (κ1) is 25.4. The highest BCUT2D eigenvalue weighted by atomic mass is 19.4. The van der Waals surface area contributed by atoms with Crippen molar-refractivity contribution in [2.24, 2.45) is 0 Å². The van der Waals surface area contributed by atoms with Gasteiger partial charge in [-0.05, 0) is 43.9 Å². The van der Waals surface area contributed by atoms with Crippen LogP contribution in [-0.4, -0.2) is 43.0 Å². The molecule has 0 radical (unpaired) electrons. The highest BCUT2D eigenvalue weighted by Gasteiger charge is 2.34. The van der Waals surface area contributed by atoms with Gasteiger partial charge in [0.05, 0.1) is 17.2 Å². The van der Waals surface area contributed by atoms with Crippen molar-refractivity contribution in [3.8, 4) is 6.07 Å². The lowest BCUT2D eigenvalue weighted by molar-refractivity contribution is -0.137. The quantitative estimate of drug-likeness (QED) is 0.231. The summed E-state index contributed by atoms with van der Waals surface area (Å²) >= 11 is 0. The van der Waals surface area contributed by atoms with Gasteiger partial charge in [0.1, 0.15) is 12.6 Å². The Hall–Kier alpha value is -2.85. The number of anilines is 1. The molecule has 13 heteroatoms. The summed E-state index contributed by atoms with van der Waals surface area (Å²) in [6.07, 6.45) is -6.41. The second-order valence-corrected chi connectivity index (χ2v) is 7.33. The van der Waals surface area contributed by atoms with Crippen molar-refractivity contribution in [1.82, 2.24) is 16.2 Å². The molecule has 2 rings (SSSR count). The zero-order valence-corrected chi connectivity index (χ0v) is 16.7. The molecule has 1 amide bonds. The summed E-state index contributed by atoms with van der Waals surface area (Å²) in [6, 6.07) is 3.20. The SMILES string of the molecule is N#Cc1ccc(NC2CCC(NC(=O)C(C=N)NNCC(F)(F)F)CC2)cc1C(F)(F)F. The van der Waals surface area contributed by atoms with Gasteiger partial charge in [0.25, 0.3) is 0 Å². The van der Waals surface area contributed by atoms with Crippen molar-refractivity contribution in [2.75, 3.05) is 11.9 Å². The van der Waals surface area contributed by atoms with Gasteiger partial charge in [-0.15, -0.1) is 0 Å². The molecule has 1 fully saturated rings. The highest BCUT2D eigenvalue weighted by Crippen LogP contribution is 2.34. The van der Waals surface area contributed by atoms with Crippen LogP contribution in [0.5, 0.6) is 0 Å². The minimum Gasteiger partial charge on any atom is -0.382 e. The predicted molar refractivity (Wildman–Crippen MR) is 104 cm³/mol. The van der Waals surface area contributed by atoms with Crippen molar-refractivity contribution in [3.63, 3.8) is 0 Å². The summed E-state index contributed by atoms with van der Waals surface area (Å²) < 4.78 is 75.8. The van der Waals surface area contributed by atoms with Crippen LogP contribution in [0.15, 0.2) is 18.2 Å². The number of nitriles is 1. The topological polar surface area (TPSA) is 113 Å². The van der Waals surface area contributed by atoms with E-state index in [-0.39, 0.29) is 17.8 Å². The van der Waals surface area contributed by atoms with E-state index in [0.717, 1.165) is 12.1 Å². The Balaban J connectivity index is 1.85. The molecule has 5 N–H and O–H groups in total. The molecule has 0 saturated heterocycles. The third-order valence-corrected chi connectivity index (χ3v) is 4.89. The minimum atomic E-state index is -4.65. The number of hydrazine groups is 1. The summed E-state index contributed by atoms with van der Waals surface area (Å²) in [7, 11) is 0. The molecule has 0 aromatic heterocycles. The van der Waals surface area contributed by atoms with E-state index < -0.39 is 42.0 Å². The Morgan fingerprint density at radius 1 is 1.16 bits per heavy atom. The number of alkyl halides is 6. The molecule has 0 spiro atoms. The molecule has 1 aliphatic carbocycles. The molecule has 1 unspecified atom stereocenters. The number of hydrogen-bond donors (Lipinski definition) is 5. The van der Waals surface area contributed by atoms with Crippen molar-refractivity contribution in [1.29, 1.82) is 10.7 Å². The van der Waals surface area contributed by atoms with Gasteiger partial charge in [0.15, 0.2) is 0 Å². The largest absolute Gasteiger partial charge is 0.417 e. The maximum Gasteiger partial charge on any atom is 0.417 e. The van der Waals surface area contributed by atoms with Crippen LogP contribution in [0.4, 0.5) is 32.0 Å². The standard InChI is InChI=1S/C19H22F6N6O/c20-18(21,22)10-28-31-16(9-27)17(32)30-13-5-3-12(4-6-13)29-14-2-1-11(8-26)15(7-14)19(23,24)25/h1-2,7,9,12-13,16,27-29,31H,3-6,10H2,(H,30,32). The molecule has 0 heterocycles. The van der Waals surface area contributed by atoms with Crippen LogP contribution in [0.1, 0.15) is 36.8 Å². The first-order valence-electron chi connectivity index (χ1n) is 9.67. The van der Waals surface area contributed by atoms with Crippen molar-refractivity contribution < 1.29 is 31.1 Å². The van der Waals surface area contributed by atoms with Crippen LogP contribution in [0.3, 0.4) is 0 Å². The van der Waals surface area contributed by atoms with Crippen LogP contribution in [0.2, 0.25) is 0 Å². The molecular weight excluding hydrogens is 442 g/mol. The average molecular weight is 464 g/mol. The van der Waals surface area contributed by atoms with Gasteiger partial charge < -0.3 is 16.0 Å². The molecule has 1 aliphatic rings. The van der Waals surface area contributed by atoms with E-state index in [1.165, 1.54) is 12.1 Å². The third kappa shape index (κ3) is 7.69. The summed E-state index contributed by atoms with van der Waals surface area (Å²) in [5, 5.41) is 21.7. The van der Waals surface area contributed by atoms with E-state index in [9.17, 15) is 31.1 Å². The maximum atomic E-state index is 13.1. The van der Waals surface area contributed by atoms with Crippen LogP contribution in [0.25, 0.3) is 0 Å². The van der Waals surface area contributed by atoms with Gasteiger partial charge in [0.2, 0.25) is 5.91 Å². The van der Waals surface area contributed by atoms with E-state index in [4.69, 9.17) is 10.7 Å². The van der Waals surface area contributed by atoms with Crippen molar-refractivity contribution in [2.45, 2.75) is 56.2 Å². The Morgan fingerprint density at radius 3 is 2.31 bits per heavy atom. The second kappa shape index (κ2) is 10.6.